The van der Waals surface area contributed by atoms with Crippen LogP contribution in [0.5, 0.6) is 0 Å². The van der Waals surface area contributed by atoms with Gasteiger partial charge in [-0.25, -0.2) is 0 Å². The minimum atomic E-state index is -1.73. The Morgan fingerprint density at radius 3 is 1.58 bits per heavy atom. The molecule has 0 bridgehead atoms. The molecule has 0 aliphatic heterocycles. The fourth-order valence-corrected chi connectivity index (χ4v) is 10.7. The van der Waals surface area contributed by atoms with Crippen molar-refractivity contribution in [2.45, 2.75) is 67.4 Å². The first-order valence-corrected chi connectivity index (χ1v) is 17.6. The van der Waals surface area contributed by atoms with Crippen LogP contribution >= 0.6 is 10.0 Å². The lowest BCUT2D eigenvalue weighted by molar-refractivity contribution is 1.22. The molecule has 5 rings (SSSR count). The predicted molar refractivity (Wildman–Crippen MR) is 198 cm³/mol. The van der Waals surface area contributed by atoms with Gasteiger partial charge in [0.1, 0.15) is 0 Å². The molecule has 0 unspecified atom stereocenters. The lowest BCUT2D eigenvalue weighted by atomic mass is 9.36. The van der Waals surface area contributed by atoms with Gasteiger partial charge in [-0.05, 0) is 96.4 Å². The highest BCUT2D eigenvalue weighted by Gasteiger charge is 2.33. The second-order valence-corrected chi connectivity index (χ2v) is 15.5. The highest BCUT2D eigenvalue weighted by atomic mass is 32.3. The number of hydrogen-bond donors (Lipinski definition) is 1. The minimum Gasteiger partial charge on any atom is -0.327 e. The predicted octanol–water partition coefficient (Wildman–Crippen LogP) is 9.72. The fourth-order valence-electron chi connectivity index (χ4n) is 6.85. The van der Waals surface area contributed by atoms with Gasteiger partial charge in [0.25, 0.3) is 0 Å². The van der Waals surface area contributed by atoms with E-state index in [0.29, 0.717) is 6.54 Å². The summed E-state index contributed by atoms with van der Waals surface area (Å²) in [6.07, 6.45) is 5.34. The first kappa shape index (κ1) is 32.4. The quantitative estimate of drug-likeness (QED) is 0.124. The van der Waals surface area contributed by atoms with Gasteiger partial charge in [-0.1, -0.05) is 129 Å². The Balaban J connectivity index is 1.71. The van der Waals surface area contributed by atoms with Gasteiger partial charge in [-0.3, -0.25) is 0 Å². The lowest BCUT2D eigenvalue weighted by Crippen LogP contribution is -2.45. The average molecular weight is 608 g/mol. The van der Waals surface area contributed by atoms with Crippen molar-refractivity contribution in [3.8, 4) is 0 Å². The van der Waals surface area contributed by atoms with Crippen molar-refractivity contribution in [1.82, 2.24) is 0 Å². The molecule has 0 fully saturated rings. The molecule has 0 radical (unpaired) electrons. The number of aryl methyl sites for hydroxylation is 4. The third-order valence-corrected chi connectivity index (χ3v) is 12.6. The van der Waals surface area contributed by atoms with Gasteiger partial charge in [0, 0.05) is 26.1 Å². The van der Waals surface area contributed by atoms with Crippen LogP contribution in [0.1, 0.15) is 36.1 Å². The van der Waals surface area contributed by atoms with Crippen molar-refractivity contribution < 1.29 is 0 Å². The molecule has 0 aromatic heterocycles. The maximum Gasteiger partial charge on any atom is 0.213 e. The Hall–Kier alpha value is -4.05. The molecule has 45 heavy (non-hydrogen) atoms. The summed E-state index contributed by atoms with van der Waals surface area (Å²) in [6.45, 7) is 14.1. The highest BCUT2D eigenvalue weighted by molar-refractivity contribution is 8.34. The minimum absolute atomic E-state index is 0.249. The zero-order valence-electron chi connectivity index (χ0n) is 27.7. The number of benzene rings is 5. The van der Waals surface area contributed by atoms with E-state index in [9.17, 15) is 0 Å². The maximum atomic E-state index is 5.82. The van der Waals surface area contributed by atoms with Crippen LogP contribution in [0.4, 0.5) is 0 Å². The van der Waals surface area contributed by atoms with E-state index in [1.807, 2.05) is 0 Å². The largest absolute Gasteiger partial charge is 0.327 e. The van der Waals surface area contributed by atoms with Crippen LogP contribution in [0.25, 0.3) is 0 Å². The van der Waals surface area contributed by atoms with Crippen molar-refractivity contribution >= 4 is 27.7 Å². The van der Waals surface area contributed by atoms with E-state index in [-0.39, 0.29) is 6.71 Å². The molecule has 0 saturated carbocycles. The summed E-state index contributed by atoms with van der Waals surface area (Å²) in [7, 11) is -1.73. The van der Waals surface area contributed by atoms with Crippen LogP contribution in [-0.4, -0.2) is 13.3 Å². The van der Waals surface area contributed by atoms with Gasteiger partial charge in [0.2, 0.25) is 6.71 Å². The van der Waals surface area contributed by atoms with Crippen molar-refractivity contribution in [2.75, 3.05) is 6.54 Å². The van der Waals surface area contributed by atoms with Crippen LogP contribution in [0, 0.1) is 27.7 Å². The molecule has 228 valence electrons. The van der Waals surface area contributed by atoms with E-state index in [0.717, 1.165) is 6.32 Å². The van der Waals surface area contributed by atoms with Crippen molar-refractivity contribution in [3.05, 3.63) is 167 Å². The molecule has 5 aromatic carbocycles. The van der Waals surface area contributed by atoms with E-state index in [1.54, 1.807) is 0 Å². The Bertz CT molecular complexity index is 1720. The molecule has 0 aliphatic carbocycles. The topological polar surface area (TPSA) is 26.0 Å². The zero-order valence-corrected chi connectivity index (χ0v) is 28.5. The van der Waals surface area contributed by atoms with Gasteiger partial charge in [0.05, 0.1) is 0 Å². The van der Waals surface area contributed by atoms with Crippen LogP contribution in [-0.2, 0) is 0 Å². The van der Waals surface area contributed by atoms with Crippen LogP contribution in [0.15, 0.2) is 164 Å². The monoisotopic (exact) mass is 607 g/mol. The molecular formula is C42H46BNS. The summed E-state index contributed by atoms with van der Waals surface area (Å²) in [5.41, 5.74) is 16.5. The summed E-state index contributed by atoms with van der Waals surface area (Å²) in [6, 6.07) is 45.7. The molecule has 0 aliphatic rings. The van der Waals surface area contributed by atoms with Gasteiger partial charge in [-0.2, -0.15) is 0 Å². The summed E-state index contributed by atoms with van der Waals surface area (Å²) < 4.78 is 0. The van der Waals surface area contributed by atoms with Crippen molar-refractivity contribution in [3.63, 3.8) is 0 Å². The molecule has 1 nitrogen and oxygen atoms in total. The Morgan fingerprint density at radius 1 is 0.622 bits per heavy atom. The second-order valence-electron chi connectivity index (χ2n) is 12.4. The Kier molecular flexibility index (Phi) is 10.3. The number of nitrogens with two attached hydrogens (primary N) is 1. The second kappa shape index (κ2) is 14.4. The molecule has 0 heterocycles. The third kappa shape index (κ3) is 6.96. The summed E-state index contributed by atoms with van der Waals surface area (Å²) >= 11 is 0. The first-order chi connectivity index (χ1) is 21.7. The van der Waals surface area contributed by atoms with Crippen LogP contribution < -0.4 is 16.7 Å². The molecule has 3 heteroatoms. The van der Waals surface area contributed by atoms with E-state index < -0.39 is 10.0 Å². The molecular weight excluding hydrogens is 561 g/mol. The number of allylic oxidation sites excluding steroid dienone is 3. The molecule has 0 spiro atoms. The summed E-state index contributed by atoms with van der Waals surface area (Å²) in [4.78, 5) is 5.38. The smallest absolute Gasteiger partial charge is 0.213 e. The van der Waals surface area contributed by atoms with E-state index in [2.05, 4.69) is 175 Å². The van der Waals surface area contributed by atoms with Gasteiger partial charge in [-0.15, -0.1) is 10.0 Å². The summed E-state index contributed by atoms with van der Waals surface area (Å²) in [5, 5.41) is 0. The molecule has 2 N–H and O–H groups in total. The van der Waals surface area contributed by atoms with Gasteiger partial charge in [0.15, 0.2) is 0 Å². The van der Waals surface area contributed by atoms with Gasteiger partial charge >= 0.3 is 0 Å². The van der Waals surface area contributed by atoms with Crippen LogP contribution in [0.2, 0.25) is 6.32 Å². The highest BCUT2D eigenvalue weighted by Crippen LogP contribution is 2.73. The van der Waals surface area contributed by atoms with E-state index in [4.69, 9.17) is 5.73 Å². The lowest BCUT2D eigenvalue weighted by Gasteiger charge is -2.42. The van der Waals surface area contributed by atoms with Crippen LogP contribution in [0.3, 0.4) is 0 Å². The molecule has 5 aromatic rings. The zero-order chi connectivity index (χ0) is 32.0. The van der Waals surface area contributed by atoms with Crippen molar-refractivity contribution in [1.29, 1.82) is 0 Å². The molecule has 0 amide bonds. The first-order valence-electron chi connectivity index (χ1n) is 16.0. The normalized spacial score (nSPS) is 12.7. The molecule has 0 saturated heterocycles. The molecule has 0 atom stereocenters. The SMILES string of the molecule is CC(=C/CN)/C=C(/C)CB(c1ccc(S(c2ccccc2)(c2ccccc2)c2ccc(C)cc2)cc1)c1c(C)cc(C)cc1C. The van der Waals surface area contributed by atoms with Gasteiger partial charge < -0.3 is 5.73 Å². The summed E-state index contributed by atoms with van der Waals surface area (Å²) in [5.74, 6) is 0. The maximum absolute atomic E-state index is 5.82. The Morgan fingerprint density at radius 2 is 1.09 bits per heavy atom. The number of hydrogen-bond acceptors (Lipinski definition) is 1. The Labute approximate surface area is 273 Å². The fraction of sp³-hybridized carbons (Fsp3) is 0.190. The number of rotatable bonds is 10. The third-order valence-electron chi connectivity index (χ3n) is 8.73. The standard InChI is InChI=1S/C42H46BNS/c1-31-17-21-40(22-18-31)45(38-13-9-7-10-14-38,39-15-11-8-12-16-39)41-23-19-37(20-24-41)43(30-34(4)27-32(2)25-26-44)42-35(5)28-33(3)29-36(42)6/h7-25,27-29H,26,30,44H2,1-6H3/b32-25-,34-27-. The van der Waals surface area contributed by atoms with E-state index >= 15 is 0 Å². The average Bonchev–Trinajstić information content (AvgIpc) is 3.03. The van der Waals surface area contributed by atoms with Crippen molar-refractivity contribution in [2.24, 2.45) is 5.73 Å². The van der Waals surface area contributed by atoms with E-state index in [1.165, 1.54) is 63.9 Å².